The summed E-state index contributed by atoms with van der Waals surface area (Å²) in [6.45, 7) is 3.28. The highest BCUT2D eigenvalue weighted by molar-refractivity contribution is 5.73. The first kappa shape index (κ1) is 14.4. The van der Waals surface area contributed by atoms with Crippen molar-refractivity contribution in [3.8, 4) is 0 Å². The molecule has 3 rings (SSSR count). The molecule has 2 aromatic heterocycles. The van der Waals surface area contributed by atoms with E-state index in [1.54, 1.807) is 31.7 Å². The maximum absolute atomic E-state index is 11.6. The number of piperidine rings is 1. The first-order valence-electron chi connectivity index (χ1n) is 7.47. The van der Waals surface area contributed by atoms with E-state index in [0.717, 1.165) is 31.7 Å². The van der Waals surface area contributed by atoms with Gasteiger partial charge in [0.15, 0.2) is 0 Å². The molecule has 1 atom stereocenters. The quantitative estimate of drug-likeness (QED) is 0.941. The highest BCUT2D eigenvalue weighted by Gasteiger charge is 2.23. The van der Waals surface area contributed by atoms with Crippen LogP contribution in [0.4, 0.5) is 11.6 Å². The SMILES string of the molecule is CC(=O)N1CCC[C@H](c2ccnc(Nc3cnccn3)c2)C1. The summed E-state index contributed by atoms with van der Waals surface area (Å²) in [5.41, 5.74) is 1.20. The lowest BCUT2D eigenvalue weighted by Gasteiger charge is -2.32. The van der Waals surface area contributed by atoms with Crippen molar-refractivity contribution in [2.45, 2.75) is 25.7 Å². The second-order valence-corrected chi connectivity index (χ2v) is 5.49. The molecule has 0 aromatic carbocycles. The van der Waals surface area contributed by atoms with Gasteiger partial charge >= 0.3 is 0 Å². The zero-order valence-electron chi connectivity index (χ0n) is 12.6. The molecule has 0 saturated carbocycles. The lowest BCUT2D eigenvalue weighted by atomic mass is 9.91. The van der Waals surface area contributed by atoms with E-state index < -0.39 is 0 Å². The van der Waals surface area contributed by atoms with Crippen molar-refractivity contribution in [3.63, 3.8) is 0 Å². The van der Waals surface area contributed by atoms with E-state index in [-0.39, 0.29) is 5.91 Å². The smallest absolute Gasteiger partial charge is 0.219 e. The fourth-order valence-corrected chi connectivity index (χ4v) is 2.80. The molecule has 6 heteroatoms. The summed E-state index contributed by atoms with van der Waals surface area (Å²) in [5.74, 6) is 1.93. The van der Waals surface area contributed by atoms with Crippen molar-refractivity contribution in [2.75, 3.05) is 18.4 Å². The minimum Gasteiger partial charge on any atom is -0.342 e. The molecule has 2 aromatic rings. The summed E-state index contributed by atoms with van der Waals surface area (Å²) in [5, 5.41) is 3.15. The summed E-state index contributed by atoms with van der Waals surface area (Å²) in [7, 11) is 0. The van der Waals surface area contributed by atoms with Gasteiger partial charge in [0.05, 0.1) is 6.20 Å². The van der Waals surface area contributed by atoms with Gasteiger partial charge in [-0.2, -0.15) is 0 Å². The molecule has 0 radical (unpaired) electrons. The number of aromatic nitrogens is 3. The Labute approximate surface area is 129 Å². The zero-order chi connectivity index (χ0) is 15.4. The molecule has 1 fully saturated rings. The average Bonchev–Trinajstić information content (AvgIpc) is 2.56. The first-order chi connectivity index (χ1) is 10.7. The number of anilines is 2. The largest absolute Gasteiger partial charge is 0.342 e. The fraction of sp³-hybridized carbons (Fsp3) is 0.375. The Bertz CT molecular complexity index is 646. The van der Waals surface area contributed by atoms with Gasteiger partial charge in [0, 0.05) is 44.5 Å². The number of rotatable bonds is 3. The van der Waals surface area contributed by atoms with Crippen LogP contribution in [0.3, 0.4) is 0 Å². The van der Waals surface area contributed by atoms with Crippen molar-refractivity contribution in [2.24, 2.45) is 0 Å². The van der Waals surface area contributed by atoms with Gasteiger partial charge in [0.2, 0.25) is 5.91 Å². The third-order valence-corrected chi connectivity index (χ3v) is 3.94. The van der Waals surface area contributed by atoms with Crippen LogP contribution in [0.1, 0.15) is 31.2 Å². The molecule has 3 heterocycles. The van der Waals surface area contributed by atoms with Crippen molar-refractivity contribution in [3.05, 3.63) is 42.5 Å². The van der Waals surface area contributed by atoms with Gasteiger partial charge < -0.3 is 10.2 Å². The third-order valence-electron chi connectivity index (χ3n) is 3.94. The van der Waals surface area contributed by atoms with E-state index in [4.69, 9.17) is 0 Å². The molecule has 0 aliphatic carbocycles. The normalized spacial score (nSPS) is 18.0. The molecule has 0 bridgehead atoms. The van der Waals surface area contributed by atoms with Crippen molar-refractivity contribution < 1.29 is 4.79 Å². The standard InChI is InChI=1S/C16H19N5O/c1-12(22)21-8-2-3-14(11-21)13-4-5-18-15(9-13)20-16-10-17-6-7-19-16/h4-7,9-10,14H,2-3,8,11H2,1H3,(H,18,19,20)/t14-/m0/s1. The van der Waals surface area contributed by atoms with Gasteiger partial charge in [-0.05, 0) is 30.5 Å². The van der Waals surface area contributed by atoms with E-state index in [2.05, 4.69) is 20.3 Å². The van der Waals surface area contributed by atoms with E-state index in [1.807, 2.05) is 17.0 Å². The number of amides is 1. The Morgan fingerprint density at radius 2 is 2.14 bits per heavy atom. The summed E-state index contributed by atoms with van der Waals surface area (Å²) >= 11 is 0. The molecule has 1 saturated heterocycles. The van der Waals surface area contributed by atoms with E-state index in [9.17, 15) is 4.79 Å². The predicted molar refractivity (Wildman–Crippen MR) is 83.8 cm³/mol. The summed E-state index contributed by atoms with van der Waals surface area (Å²) in [6.07, 6.45) is 8.86. The van der Waals surface area contributed by atoms with Crippen LogP contribution < -0.4 is 5.32 Å². The van der Waals surface area contributed by atoms with Crippen LogP contribution in [0.15, 0.2) is 36.9 Å². The molecular formula is C16H19N5O. The van der Waals surface area contributed by atoms with Gasteiger partial charge in [-0.15, -0.1) is 0 Å². The highest BCUT2D eigenvalue weighted by atomic mass is 16.2. The van der Waals surface area contributed by atoms with Crippen LogP contribution in [0.5, 0.6) is 0 Å². The second kappa shape index (κ2) is 6.51. The number of pyridine rings is 1. The minimum absolute atomic E-state index is 0.150. The highest BCUT2D eigenvalue weighted by Crippen LogP contribution is 2.28. The van der Waals surface area contributed by atoms with Crippen LogP contribution in [-0.2, 0) is 4.79 Å². The van der Waals surface area contributed by atoms with E-state index in [1.165, 1.54) is 5.56 Å². The Morgan fingerprint density at radius 3 is 2.91 bits per heavy atom. The van der Waals surface area contributed by atoms with Crippen molar-refractivity contribution in [1.29, 1.82) is 0 Å². The third kappa shape index (κ3) is 3.39. The number of hydrogen-bond donors (Lipinski definition) is 1. The average molecular weight is 297 g/mol. The maximum atomic E-state index is 11.6. The monoisotopic (exact) mass is 297 g/mol. The number of nitrogens with one attached hydrogen (secondary N) is 1. The van der Waals surface area contributed by atoms with Gasteiger partial charge in [0.1, 0.15) is 11.6 Å². The Hall–Kier alpha value is -2.50. The number of hydrogen-bond acceptors (Lipinski definition) is 5. The van der Waals surface area contributed by atoms with Crippen LogP contribution in [0.2, 0.25) is 0 Å². The lowest BCUT2D eigenvalue weighted by molar-refractivity contribution is -0.130. The molecule has 22 heavy (non-hydrogen) atoms. The zero-order valence-corrected chi connectivity index (χ0v) is 12.6. The number of carbonyl (C=O) groups is 1. The molecule has 0 unspecified atom stereocenters. The molecule has 1 aliphatic rings. The number of carbonyl (C=O) groups excluding carboxylic acids is 1. The maximum Gasteiger partial charge on any atom is 0.219 e. The molecule has 1 N–H and O–H groups in total. The molecular weight excluding hydrogens is 278 g/mol. The molecule has 1 aliphatic heterocycles. The summed E-state index contributed by atoms with van der Waals surface area (Å²) in [4.78, 5) is 26.0. The minimum atomic E-state index is 0.150. The number of likely N-dealkylation sites (tertiary alicyclic amines) is 1. The topological polar surface area (TPSA) is 71.0 Å². The van der Waals surface area contributed by atoms with E-state index >= 15 is 0 Å². The van der Waals surface area contributed by atoms with E-state index in [0.29, 0.717) is 11.7 Å². The predicted octanol–water partition coefficient (Wildman–Crippen LogP) is 2.34. The molecule has 0 spiro atoms. The fourth-order valence-electron chi connectivity index (χ4n) is 2.80. The Balaban J connectivity index is 1.75. The molecule has 114 valence electrons. The van der Waals surface area contributed by atoms with Crippen molar-refractivity contribution >= 4 is 17.5 Å². The first-order valence-corrected chi connectivity index (χ1v) is 7.47. The van der Waals surface area contributed by atoms with Gasteiger partial charge in [-0.25, -0.2) is 9.97 Å². The Kier molecular flexibility index (Phi) is 4.27. The van der Waals surface area contributed by atoms with Crippen LogP contribution in [0, 0.1) is 0 Å². The Morgan fingerprint density at radius 1 is 1.27 bits per heavy atom. The van der Waals surface area contributed by atoms with Crippen LogP contribution in [0.25, 0.3) is 0 Å². The van der Waals surface area contributed by atoms with Gasteiger partial charge in [-0.3, -0.25) is 9.78 Å². The molecule has 1 amide bonds. The number of nitrogens with zero attached hydrogens (tertiary/aromatic N) is 4. The second-order valence-electron chi connectivity index (χ2n) is 5.49. The lowest BCUT2D eigenvalue weighted by Crippen LogP contribution is -2.37. The molecule has 6 nitrogen and oxygen atoms in total. The van der Waals surface area contributed by atoms with Crippen molar-refractivity contribution in [1.82, 2.24) is 19.9 Å². The van der Waals surface area contributed by atoms with Gasteiger partial charge in [0.25, 0.3) is 0 Å². The van der Waals surface area contributed by atoms with Gasteiger partial charge in [-0.1, -0.05) is 0 Å². The summed E-state index contributed by atoms with van der Waals surface area (Å²) in [6, 6.07) is 4.05. The van der Waals surface area contributed by atoms with Crippen LogP contribution >= 0.6 is 0 Å². The summed E-state index contributed by atoms with van der Waals surface area (Å²) < 4.78 is 0. The van der Waals surface area contributed by atoms with Crippen LogP contribution in [-0.4, -0.2) is 38.8 Å².